The Bertz CT molecular complexity index is 768. The smallest absolute Gasteiger partial charge is 0.255 e. The summed E-state index contributed by atoms with van der Waals surface area (Å²) in [5.74, 6) is 1.48. The highest BCUT2D eigenvalue weighted by Gasteiger charge is 2.30. The third-order valence-electron chi connectivity index (χ3n) is 4.77. The van der Waals surface area contributed by atoms with Crippen molar-refractivity contribution < 1.29 is 18.8 Å². The van der Waals surface area contributed by atoms with Crippen molar-refractivity contribution in [3.8, 4) is 11.5 Å². The molecule has 1 aliphatic heterocycles. The van der Waals surface area contributed by atoms with E-state index in [-0.39, 0.29) is 6.61 Å². The van der Waals surface area contributed by atoms with Gasteiger partial charge in [-0.15, -0.1) is 0 Å². The number of aromatic nitrogens is 1. The number of benzene rings is 1. The highest BCUT2D eigenvalue weighted by atomic mass is 16.5. The maximum Gasteiger partial charge on any atom is 0.255 e. The number of aryl methyl sites for hydroxylation is 2. The van der Waals surface area contributed by atoms with Crippen LogP contribution in [0.3, 0.4) is 0 Å². The predicted octanol–water partition coefficient (Wildman–Crippen LogP) is 2.50. The van der Waals surface area contributed by atoms with Crippen LogP contribution >= 0.6 is 0 Å². The molecule has 1 aromatic heterocycles. The molecule has 7 heteroatoms. The van der Waals surface area contributed by atoms with Gasteiger partial charge in [0.1, 0.15) is 5.76 Å². The van der Waals surface area contributed by atoms with Crippen LogP contribution in [0.15, 0.2) is 22.7 Å². The fourth-order valence-electron chi connectivity index (χ4n) is 3.62. The van der Waals surface area contributed by atoms with E-state index in [0.29, 0.717) is 17.5 Å². The summed E-state index contributed by atoms with van der Waals surface area (Å²) in [6, 6.07) is 6.07. The van der Waals surface area contributed by atoms with Crippen LogP contribution in [0, 0.1) is 13.8 Å². The molecule has 7 nitrogen and oxygen atoms in total. The lowest BCUT2D eigenvalue weighted by Crippen LogP contribution is -2.23. The van der Waals surface area contributed by atoms with E-state index < -0.39 is 5.91 Å². The molecule has 1 atom stereocenters. The van der Waals surface area contributed by atoms with Gasteiger partial charge >= 0.3 is 0 Å². The second-order valence-electron chi connectivity index (χ2n) is 6.61. The number of amides is 1. The molecule has 2 N–H and O–H groups in total. The van der Waals surface area contributed by atoms with Crippen molar-refractivity contribution in [3.05, 3.63) is 40.8 Å². The number of hydrogen-bond acceptors (Lipinski definition) is 6. The number of carbonyl (C=O) groups excluding carboxylic acids is 1. The average molecular weight is 359 g/mol. The van der Waals surface area contributed by atoms with Crippen LogP contribution in [0.1, 0.15) is 41.5 Å². The van der Waals surface area contributed by atoms with Crippen LogP contribution in [0.2, 0.25) is 0 Å². The summed E-state index contributed by atoms with van der Waals surface area (Å²) in [7, 11) is 1.58. The van der Waals surface area contributed by atoms with E-state index in [1.807, 2.05) is 32.0 Å². The Labute approximate surface area is 153 Å². The predicted molar refractivity (Wildman–Crippen MR) is 96.0 cm³/mol. The highest BCUT2D eigenvalue weighted by molar-refractivity contribution is 5.75. The number of carbonyl (C=O) groups is 1. The molecule has 140 valence electrons. The number of nitrogens with zero attached hydrogens (tertiary/aromatic N) is 2. The highest BCUT2D eigenvalue weighted by Crippen LogP contribution is 2.37. The standard InChI is InChI=1S/C19H25N3O4/c1-12-19(13(2)26-21-12)15-5-4-8-22(15)10-14-6-7-16(17(9-14)24-3)25-11-18(20)23/h6-7,9,15H,4-5,8,10-11H2,1-3H3,(H2,20,23)/t15-/m1/s1. The lowest BCUT2D eigenvalue weighted by Gasteiger charge is -2.25. The molecule has 0 aliphatic carbocycles. The summed E-state index contributed by atoms with van der Waals surface area (Å²) in [6.45, 7) is 5.62. The fourth-order valence-corrected chi connectivity index (χ4v) is 3.62. The molecule has 1 amide bonds. The van der Waals surface area contributed by atoms with Crippen molar-refractivity contribution in [1.29, 1.82) is 0 Å². The molecule has 3 rings (SSSR count). The largest absolute Gasteiger partial charge is 0.493 e. The molecule has 2 aromatic rings. The van der Waals surface area contributed by atoms with Crippen LogP contribution in [0.4, 0.5) is 0 Å². The van der Waals surface area contributed by atoms with Crippen molar-refractivity contribution in [2.24, 2.45) is 5.73 Å². The lowest BCUT2D eigenvalue weighted by molar-refractivity contribution is -0.119. The van der Waals surface area contributed by atoms with Gasteiger partial charge < -0.3 is 19.7 Å². The monoisotopic (exact) mass is 359 g/mol. The van der Waals surface area contributed by atoms with Gasteiger partial charge in [0.2, 0.25) is 0 Å². The number of rotatable bonds is 7. The summed E-state index contributed by atoms with van der Waals surface area (Å²) in [6.07, 6.45) is 2.24. The second-order valence-corrected chi connectivity index (χ2v) is 6.61. The molecule has 0 radical (unpaired) electrons. The van der Waals surface area contributed by atoms with Gasteiger partial charge in [-0.3, -0.25) is 9.69 Å². The molecular formula is C19H25N3O4. The van der Waals surface area contributed by atoms with E-state index in [1.165, 1.54) is 5.56 Å². The quantitative estimate of drug-likeness (QED) is 0.817. The Morgan fingerprint density at radius 1 is 1.38 bits per heavy atom. The minimum atomic E-state index is -0.518. The molecule has 1 aromatic carbocycles. The van der Waals surface area contributed by atoms with Gasteiger partial charge in [0.05, 0.1) is 12.8 Å². The maximum absolute atomic E-state index is 10.9. The van der Waals surface area contributed by atoms with E-state index in [1.54, 1.807) is 7.11 Å². The number of primary amides is 1. The first-order valence-corrected chi connectivity index (χ1v) is 8.74. The first kappa shape index (κ1) is 18.3. The molecule has 2 heterocycles. The Kier molecular flexibility index (Phi) is 5.46. The SMILES string of the molecule is COc1cc(CN2CCC[C@@H]2c2c(C)noc2C)ccc1OCC(N)=O. The maximum atomic E-state index is 10.9. The Hall–Kier alpha value is -2.54. The molecule has 0 spiro atoms. The van der Waals surface area contributed by atoms with E-state index in [0.717, 1.165) is 42.9 Å². The number of ether oxygens (including phenoxy) is 2. The topological polar surface area (TPSA) is 90.8 Å². The van der Waals surface area contributed by atoms with Crippen molar-refractivity contribution in [1.82, 2.24) is 10.1 Å². The molecule has 0 saturated carbocycles. The van der Waals surface area contributed by atoms with Crippen molar-refractivity contribution in [3.63, 3.8) is 0 Å². The summed E-state index contributed by atoms with van der Waals surface area (Å²) in [5.41, 5.74) is 8.42. The summed E-state index contributed by atoms with van der Waals surface area (Å²) in [4.78, 5) is 13.3. The van der Waals surface area contributed by atoms with Crippen molar-refractivity contribution in [2.75, 3.05) is 20.3 Å². The normalized spacial score (nSPS) is 17.4. The van der Waals surface area contributed by atoms with Crippen LogP contribution in [-0.2, 0) is 11.3 Å². The Morgan fingerprint density at radius 2 is 2.19 bits per heavy atom. The minimum Gasteiger partial charge on any atom is -0.493 e. The second kappa shape index (κ2) is 7.78. The Balaban J connectivity index is 1.76. The van der Waals surface area contributed by atoms with Gasteiger partial charge in [-0.25, -0.2) is 0 Å². The zero-order chi connectivity index (χ0) is 18.7. The van der Waals surface area contributed by atoms with Gasteiger partial charge in [-0.05, 0) is 50.9 Å². The number of hydrogen-bond donors (Lipinski definition) is 1. The number of likely N-dealkylation sites (tertiary alicyclic amines) is 1. The van der Waals surface area contributed by atoms with Crippen LogP contribution in [0.5, 0.6) is 11.5 Å². The van der Waals surface area contributed by atoms with Gasteiger partial charge in [-0.2, -0.15) is 0 Å². The summed E-state index contributed by atoms with van der Waals surface area (Å²) in [5, 5.41) is 4.10. The molecule has 26 heavy (non-hydrogen) atoms. The zero-order valence-corrected chi connectivity index (χ0v) is 15.4. The van der Waals surface area contributed by atoms with Crippen molar-refractivity contribution >= 4 is 5.91 Å². The molecule has 1 fully saturated rings. The third-order valence-corrected chi connectivity index (χ3v) is 4.77. The molecule has 0 bridgehead atoms. The number of nitrogens with two attached hydrogens (primary N) is 1. The molecular weight excluding hydrogens is 334 g/mol. The van der Waals surface area contributed by atoms with E-state index in [2.05, 4.69) is 10.1 Å². The van der Waals surface area contributed by atoms with Crippen molar-refractivity contribution in [2.45, 2.75) is 39.3 Å². The van der Waals surface area contributed by atoms with E-state index >= 15 is 0 Å². The zero-order valence-electron chi connectivity index (χ0n) is 15.4. The fraction of sp³-hybridized carbons (Fsp3) is 0.474. The first-order valence-electron chi connectivity index (χ1n) is 8.74. The van der Waals surface area contributed by atoms with Crippen LogP contribution in [-0.4, -0.2) is 36.2 Å². The number of methoxy groups -OCH3 is 1. The van der Waals surface area contributed by atoms with Gasteiger partial charge in [-0.1, -0.05) is 11.2 Å². The lowest BCUT2D eigenvalue weighted by atomic mass is 10.0. The van der Waals surface area contributed by atoms with E-state index in [9.17, 15) is 4.79 Å². The molecule has 1 saturated heterocycles. The summed E-state index contributed by atoms with van der Waals surface area (Å²) < 4.78 is 16.1. The minimum absolute atomic E-state index is 0.171. The Morgan fingerprint density at radius 3 is 2.85 bits per heavy atom. The molecule has 1 aliphatic rings. The van der Waals surface area contributed by atoms with Crippen LogP contribution in [0.25, 0.3) is 0 Å². The van der Waals surface area contributed by atoms with Crippen LogP contribution < -0.4 is 15.2 Å². The van der Waals surface area contributed by atoms with E-state index in [4.69, 9.17) is 19.7 Å². The third kappa shape index (κ3) is 3.83. The average Bonchev–Trinajstić information content (AvgIpc) is 3.19. The van der Waals surface area contributed by atoms with Gasteiger partial charge in [0, 0.05) is 18.2 Å². The van der Waals surface area contributed by atoms with Gasteiger partial charge in [0.25, 0.3) is 5.91 Å². The molecule has 0 unspecified atom stereocenters. The first-order chi connectivity index (χ1) is 12.5. The summed E-state index contributed by atoms with van der Waals surface area (Å²) >= 11 is 0. The van der Waals surface area contributed by atoms with Gasteiger partial charge in [0.15, 0.2) is 18.1 Å².